The van der Waals surface area contributed by atoms with Crippen LogP contribution in [-0.2, 0) is 6.54 Å². The molecule has 1 rings (SSSR count). The van der Waals surface area contributed by atoms with Crippen molar-refractivity contribution in [2.45, 2.75) is 6.54 Å². The minimum absolute atomic E-state index is 0.606. The molecule has 0 aliphatic carbocycles. The third kappa shape index (κ3) is 3.37. The Bertz CT molecular complexity index is 271. The zero-order valence-corrected chi connectivity index (χ0v) is 7.94. The van der Waals surface area contributed by atoms with Crippen molar-refractivity contribution in [3.05, 3.63) is 29.8 Å². The summed E-state index contributed by atoms with van der Waals surface area (Å²) < 4.78 is 4.93. The fraction of sp³-hybridized carbons (Fsp3) is 0.333. The maximum absolute atomic E-state index is 8.53. The number of hydrogen-bond donors (Lipinski definition) is 3. The van der Waals surface area contributed by atoms with Crippen molar-refractivity contribution in [1.82, 2.24) is 5.32 Å². The van der Waals surface area contributed by atoms with Crippen LogP contribution in [0.3, 0.4) is 0 Å². The number of hydrogen-bond acceptors (Lipinski definition) is 4. The second-order valence-corrected chi connectivity index (χ2v) is 2.80. The van der Waals surface area contributed by atoms with Gasteiger partial charge in [0.2, 0.25) is 0 Å². The minimum atomic E-state index is 0.606. The van der Waals surface area contributed by atoms with E-state index < -0.39 is 0 Å². The van der Waals surface area contributed by atoms with Crippen molar-refractivity contribution >= 4 is 7.69 Å². The normalized spacial score (nSPS) is 9.86. The highest BCUT2D eigenvalue weighted by Gasteiger charge is 2.01. The van der Waals surface area contributed by atoms with Crippen molar-refractivity contribution in [3.8, 4) is 5.75 Å². The zero-order valence-electron chi connectivity index (χ0n) is 7.94. The Morgan fingerprint density at radius 1 is 1.43 bits per heavy atom. The van der Waals surface area contributed by atoms with Gasteiger partial charge in [-0.3, -0.25) is 0 Å². The number of nitrogens with two attached hydrogens (primary N) is 1. The van der Waals surface area contributed by atoms with Gasteiger partial charge >= 0.3 is 7.69 Å². The van der Waals surface area contributed by atoms with E-state index in [2.05, 4.69) is 5.32 Å². The number of para-hydroxylation sites is 1. The lowest BCUT2D eigenvalue weighted by atomic mass is 10.2. The van der Waals surface area contributed by atoms with E-state index in [9.17, 15) is 0 Å². The van der Waals surface area contributed by atoms with Gasteiger partial charge in [-0.15, -0.1) is 0 Å². The van der Waals surface area contributed by atoms with Crippen LogP contribution in [0.2, 0.25) is 0 Å². The van der Waals surface area contributed by atoms with E-state index in [0.717, 1.165) is 12.1 Å². The predicted molar refractivity (Wildman–Crippen MR) is 55.8 cm³/mol. The number of benzene rings is 1. The molecule has 0 amide bonds. The van der Waals surface area contributed by atoms with Crippen LogP contribution in [0.25, 0.3) is 0 Å². The van der Waals surface area contributed by atoms with E-state index in [-0.39, 0.29) is 0 Å². The fourth-order valence-electron chi connectivity index (χ4n) is 1.15. The van der Waals surface area contributed by atoms with Gasteiger partial charge in [0.25, 0.3) is 0 Å². The maximum atomic E-state index is 8.53. The molecule has 4 N–H and O–H groups in total. The third-order valence-electron chi connectivity index (χ3n) is 1.79. The second-order valence-electron chi connectivity index (χ2n) is 2.80. The van der Waals surface area contributed by atoms with E-state index in [1.165, 1.54) is 0 Å². The first-order chi connectivity index (χ1) is 6.88. The SMILES string of the molecule is NCCNCc1ccccc1O[B]O. The summed E-state index contributed by atoms with van der Waals surface area (Å²) in [6.45, 7) is 2.05. The number of rotatable bonds is 6. The highest BCUT2D eigenvalue weighted by Crippen LogP contribution is 2.16. The Balaban J connectivity index is 2.55. The Morgan fingerprint density at radius 2 is 2.21 bits per heavy atom. The van der Waals surface area contributed by atoms with Crippen LogP contribution in [0.1, 0.15) is 5.56 Å². The fourth-order valence-corrected chi connectivity index (χ4v) is 1.15. The van der Waals surface area contributed by atoms with Gasteiger partial charge < -0.3 is 20.7 Å². The Morgan fingerprint density at radius 3 is 2.93 bits per heavy atom. The van der Waals surface area contributed by atoms with Crippen LogP contribution in [0.5, 0.6) is 5.75 Å². The molecule has 75 valence electrons. The van der Waals surface area contributed by atoms with Gasteiger partial charge in [0.15, 0.2) is 0 Å². The van der Waals surface area contributed by atoms with Gasteiger partial charge in [-0.2, -0.15) is 0 Å². The molecule has 4 nitrogen and oxygen atoms in total. The first kappa shape index (κ1) is 11.0. The van der Waals surface area contributed by atoms with Crippen molar-refractivity contribution in [3.63, 3.8) is 0 Å². The first-order valence-corrected chi connectivity index (χ1v) is 4.49. The van der Waals surface area contributed by atoms with E-state index in [4.69, 9.17) is 15.4 Å². The quantitative estimate of drug-likeness (QED) is 0.426. The van der Waals surface area contributed by atoms with Crippen LogP contribution in [0, 0.1) is 0 Å². The lowest BCUT2D eigenvalue weighted by Crippen LogP contribution is -2.22. The largest absolute Gasteiger partial charge is 0.569 e. The van der Waals surface area contributed by atoms with Gasteiger partial charge in [-0.05, 0) is 6.07 Å². The summed E-state index contributed by atoms with van der Waals surface area (Å²) in [5.74, 6) is 0.652. The van der Waals surface area contributed by atoms with Crippen LogP contribution in [0.4, 0.5) is 0 Å². The van der Waals surface area contributed by atoms with Gasteiger partial charge in [0, 0.05) is 25.2 Å². The molecule has 0 fully saturated rings. The van der Waals surface area contributed by atoms with Crippen LogP contribution < -0.4 is 15.7 Å². The monoisotopic (exact) mass is 193 g/mol. The first-order valence-electron chi connectivity index (χ1n) is 4.49. The van der Waals surface area contributed by atoms with Gasteiger partial charge in [-0.1, -0.05) is 18.2 Å². The summed E-state index contributed by atoms with van der Waals surface area (Å²) in [6.07, 6.45) is 0. The second kappa shape index (κ2) is 6.42. The van der Waals surface area contributed by atoms with Crippen LogP contribution in [0.15, 0.2) is 24.3 Å². The van der Waals surface area contributed by atoms with Crippen LogP contribution >= 0.6 is 0 Å². The molecule has 0 saturated heterocycles. The maximum Gasteiger partial charge on any atom is 0.569 e. The summed E-state index contributed by atoms with van der Waals surface area (Å²) in [7, 11) is 0.682. The summed E-state index contributed by atoms with van der Waals surface area (Å²) in [5.41, 5.74) is 6.34. The number of nitrogens with one attached hydrogen (secondary N) is 1. The lowest BCUT2D eigenvalue weighted by molar-refractivity contribution is 0.449. The van der Waals surface area contributed by atoms with Gasteiger partial charge in [-0.25, -0.2) is 0 Å². The summed E-state index contributed by atoms with van der Waals surface area (Å²) in [5, 5.41) is 11.7. The summed E-state index contributed by atoms with van der Waals surface area (Å²) >= 11 is 0. The molecule has 1 aromatic rings. The molecule has 14 heavy (non-hydrogen) atoms. The topological polar surface area (TPSA) is 67.5 Å². The highest BCUT2D eigenvalue weighted by atomic mass is 16.5. The predicted octanol–water partition coefficient (Wildman–Crippen LogP) is -0.360. The molecule has 0 saturated carbocycles. The molecule has 1 radical (unpaired) electrons. The molecular weight excluding hydrogens is 179 g/mol. The smallest absolute Gasteiger partial charge is 0.537 e. The van der Waals surface area contributed by atoms with E-state index in [1.807, 2.05) is 18.2 Å². The zero-order chi connectivity index (χ0) is 10.2. The molecule has 0 heterocycles. The molecule has 0 aliphatic heterocycles. The summed E-state index contributed by atoms with van der Waals surface area (Å²) in [6, 6.07) is 7.50. The molecule has 5 heteroatoms. The lowest BCUT2D eigenvalue weighted by Gasteiger charge is -2.09. The molecule has 0 bridgehead atoms. The Labute approximate surface area is 84.4 Å². The average molecular weight is 193 g/mol. The van der Waals surface area contributed by atoms with Crippen molar-refractivity contribution in [2.24, 2.45) is 5.73 Å². The van der Waals surface area contributed by atoms with E-state index >= 15 is 0 Å². The molecule has 0 aromatic heterocycles. The van der Waals surface area contributed by atoms with Gasteiger partial charge in [0.05, 0.1) is 0 Å². The molecule has 0 atom stereocenters. The minimum Gasteiger partial charge on any atom is -0.537 e. The average Bonchev–Trinajstić information content (AvgIpc) is 2.21. The van der Waals surface area contributed by atoms with Crippen molar-refractivity contribution < 1.29 is 9.68 Å². The third-order valence-corrected chi connectivity index (χ3v) is 1.79. The summed E-state index contributed by atoms with van der Waals surface area (Å²) in [4.78, 5) is 0. The van der Waals surface area contributed by atoms with Crippen molar-refractivity contribution in [1.29, 1.82) is 0 Å². The standard InChI is InChI=1S/C9H14BN2O2/c11-5-6-12-7-8-3-1-2-4-9(8)14-10-13/h1-4,12-13H,5-7,11H2. The van der Waals surface area contributed by atoms with Crippen LogP contribution in [-0.4, -0.2) is 25.8 Å². The molecule has 0 unspecified atom stereocenters. The van der Waals surface area contributed by atoms with E-state index in [1.54, 1.807) is 6.07 Å². The van der Waals surface area contributed by atoms with Gasteiger partial charge in [0.1, 0.15) is 5.75 Å². The molecule has 0 spiro atoms. The highest BCUT2D eigenvalue weighted by molar-refractivity contribution is 6.17. The molecular formula is C9H14BN2O2. The molecule has 1 aromatic carbocycles. The molecule has 0 aliphatic rings. The Hall–Kier alpha value is -1.04. The Kier molecular flexibility index (Phi) is 5.07. The van der Waals surface area contributed by atoms with Crippen molar-refractivity contribution in [2.75, 3.05) is 13.1 Å². The van der Waals surface area contributed by atoms with E-state index in [0.29, 0.717) is 26.5 Å².